The summed E-state index contributed by atoms with van der Waals surface area (Å²) in [6.07, 6.45) is 0.945. The minimum Gasteiger partial charge on any atom is -0.497 e. The van der Waals surface area contributed by atoms with E-state index in [1.165, 1.54) is 10.5 Å². The Morgan fingerprint density at radius 3 is 2.48 bits per heavy atom. The van der Waals surface area contributed by atoms with Crippen LogP contribution in [-0.4, -0.2) is 13.2 Å². The molecule has 0 radical (unpaired) electrons. The van der Waals surface area contributed by atoms with Crippen molar-refractivity contribution in [3.8, 4) is 5.75 Å². The highest BCUT2D eigenvalue weighted by molar-refractivity contribution is 9.10. The number of methoxy groups -OCH3 is 1. The van der Waals surface area contributed by atoms with E-state index in [0.29, 0.717) is 0 Å². The highest BCUT2D eigenvalue weighted by atomic mass is 79.9. The molecule has 2 N–H and O–H groups in total. The SMILES string of the molecule is CCC(N)C(Sc1ccc(OC)cc1)c1cccc(Br)c1. The molecule has 2 rings (SSSR count). The largest absolute Gasteiger partial charge is 0.497 e. The van der Waals surface area contributed by atoms with Crippen LogP contribution in [0.3, 0.4) is 0 Å². The summed E-state index contributed by atoms with van der Waals surface area (Å²) in [5.74, 6) is 0.873. The van der Waals surface area contributed by atoms with Gasteiger partial charge >= 0.3 is 0 Å². The van der Waals surface area contributed by atoms with Crippen LogP contribution in [0.2, 0.25) is 0 Å². The van der Waals surface area contributed by atoms with Crippen LogP contribution in [0.5, 0.6) is 5.75 Å². The van der Waals surface area contributed by atoms with Crippen LogP contribution in [0.15, 0.2) is 57.9 Å². The number of hydrogen-bond donors (Lipinski definition) is 1. The van der Waals surface area contributed by atoms with Crippen LogP contribution in [0, 0.1) is 0 Å². The number of hydrogen-bond acceptors (Lipinski definition) is 3. The molecule has 0 aliphatic heterocycles. The van der Waals surface area contributed by atoms with Crippen LogP contribution in [0.4, 0.5) is 0 Å². The van der Waals surface area contributed by atoms with E-state index in [2.05, 4.69) is 53.2 Å². The van der Waals surface area contributed by atoms with E-state index >= 15 is 0 Å². The summed E-state index contributed by atoms with van der Waals surface area (Å²) in [5, 5.41) is 0.237. The molecule has 0 saturated carbocycles. The third kappa shape index (κ3) is 4.50. The fourth-order valence-electron chi connectivity index (χ4n) is 2.10. The Labute approximate surface area is 139 Å². The zero-order valence-corrected chi connectivity index (χ0v) is 14.7. The number of thioether (sulfide) groups is 1. The standard InChI is InChI=1S/C17H20BrNOS/c1-3-16(19)17(12-5-4-6-13(18)11-12)21-15-9-7-14(20-2)8-10-15/h4-11,16-17H,3,19H2,1-2H3. The summed E-state index contributed by atoms with van der Waals surface area (Å²) in [7, 11) is 1.68. The first-order valence-electron chi connectivity index (χ1n) is 6.95. The van der Waals surface area contributed by atoms with Gasteiger partial charge in [-0.3, -0.25) is 0 Å². The monoisotopic (exact) mass is 365 g/mol. The van der Waals surface area contributed by atoms with Gasteiger partial charge in [-0.05, 0) is 48.4 Å². The lowest BCUT2D eigenvalue weighted by Gasteiger charge is -2.23. The number of benzene rings is 2. The lowest BCUT2D eigenvalue weighted by Crippen LogP contribution is -2.25. The summed E-state index contributed by atoms with van der Waals surface area (Å²) in [4.78, 5) is 1.20. The molecule has 0 saturated heterocycles. The van der Waals surface area contributed by atoms with Gasteiger partial charge in [0, 0.05) is 20.7 Å². The zero-order chi connectivity index (χ0) is 15.2. The molecule has 0 aliphatic carbocycles. The number of ether oxygens (including phenoxy) is 1. The van der Waals surface area contributed by atoms with Crippen molar-refractivity contribution in [2.45, 2.75) is 29.5 Å². The summed E-state index contributed by atoms with van der Waals surface area (Å²) in [5.41, 5.74) is 7.59. The fourth-order valence-corrected chi connectivity index (χ4v) is 3.75. The van der Waals surface area contributed by atoms with E-state index in [4.69, 9.17) is 10.5 Å². The Morgan fingerprint density at radius 2 is 1.90 bits per heavy atom. The molecule has 4 heteroatoms. The van der Waals surface area contributed by atoms with Gasteiger partial charge in [-0.25, -0.2) is 0 Å². The second kappa shape index (κ2) is 7.87. The molecule has 0 amide bonds. The minimum atomic E-state index is 0.117. The molecule has 2 unspecified atom stereocenters. The van der Waals surface area contributed by atoms with Gasteiger partial charge < -0.3 is 10.5 Å². The fraction of sp³-hybridized carbons (Fsp3) is 0.294. The van der Waals surface area contributed by atoms with Gasteiger partial charge in [-0.15, -0.1) is 11.8 Å². The molecule has 112 valence electrons. The Morgan fingerprint density at radius 1 is 1.19 bits per heavy atom. The van der Waals surface area contributed by atoms with Crippen molar-refractivity contribution in [2.75, 3.05) is 7.11 Å². The highest BCUT2D eigenvalue weighted by Gasteiger charge is 2.20. The van der Waals surface area contributed by atoms with E-state index in [1.54, 1.807) is 18.9 Å². The smallest absolute Gasteiger partial charge is 0.118 e. The van der Waals surface area contributed by atoms with Crippen LogP contribution in [-0.2, 0) is 0 Å². The first kappa shape index (κ1) is 16.4. The molecule has 2 aromatic carbocycles. The van der Waals surface area contributed by atoms with Gasteiger partial charge in [0.1, 0.15) is 5.75 Å². The molecule has 2 atom stereocenters. The van der Waals surface area contributed by atoms with Crippen LogP contribution >= 0.6 is 27.7 Å². The highest BCUT2D eigenvalue weighted by Crippen LogP contribution is 2.39. The molecule has 0 spiro atoms. The molecule has 0 bridgehead atoms. The van der Waals surface area contributed by atoms with E-state index in [1.807, 2.05) is 18.2 Å². The average molecular weight is 366 g/mol. The molecule has 2 nitrogen and oxygen atoms in total. The molecular formula is C17H20BrNOS. The van der Waals surface area contributed by atoms with Crippen molar-refractivity contribution >= 4 is 27.7 Å². The Kier molecular flexibility index (Phi) is 6.15. The van der Waals surface area contributed by atoms with Crippen LogP contribution in [0.25, 0.3) is 0 Å². The second-order valence-electron chi connectivity index (χ2n) is 4.84. The topological polar surface area (TPSA) is 35.2 Å². The van der Waals surface area contributed by atoms with Crippen molar-refractivity contribution in [2.24, 2.45) is 5.73 Å². The predicted octanol–water partition coefficient (Wildman–Crippen LogP) is 5.03. The normalized spacial score (nSPS) is 13.7. The summed E-state index contributed by atoms with van der Waals surface area (Å²) >= 11 is 5.34. The van der Waals surface area contributed by atoms with Crippen molar-refractivity contribution in [1.82, 2.24) is 0 Å². The van der Waals surface area contributed by atoms with E-state index in [-0.39, 0.29) is 11.3 Å². The number of nitrogens with two attached hydrogens (primary N) is 1. The maximum absolute atomic E-state index is 6.34. The van der Waals surface area contributed by atoms with Gasteiger partial charge in [-0.2, -0.15) is 0 Å². The van der Waals surface area contributed by atoms with Crippen molar-refractivity contribution in [3.63, 3.8) is 0 Å². The average Bonchev–Trinajstić information content (AvgIpc) is 2.52. The zero-order valence-electron chi connectivity index (χ0n) is 12.3. The van der Waals surface area contributed by atoms with Crippen LogP contribution in [0.1, 0.15) is 24.2 Å². The summed E-state index contributed by atoms with van der Waals surface area (Å²) in [6.45, 7) is 2.13. The quantitative estimate of drug-likeness (QED) is 0.729. The molecule has 21 heavy (non-hydrogen) atoms. The van der Waals surface area contributed by atoms with Crippen molar-refractivity contribution in [3.05, 3.63) is 58.6 Å². The number of halogens is 1. The van der Waals surface area contributed by atoms with E-state index in [0.717, 1.165) is 16.6 Å². The van der Waals surface area contributed by atoms with Gasteiger partial charge in [0.2, 0.25) is 0 Å². The lowest BCUT2D eigenvalue weighted by atomic mass is 10.0. The van der Waals surface area contributed by atoms with Gasteiger partial charge in [0.05, 0.1) is 7.11 Å². The maximum Gasteiger partial charge on any atom is 0.118 e. The third-order valence-corrected chi connectivity index (χ3v) is 5.27. The lowest BCUT2D eigenvalue weighted by molar-refractivity contribution is 0.414. The molecule has 2 aromatic rings. The van der Waals surface area contributed by atoms with E-state index < -0.39 is 0 Å². The second-order valence-corrected chi connectivity index (χ2v) is 6.97. The third-order valence-electron chi connectivity index (χ3n) is 3.36. The number of rotatable bonds is 6. The minimum absolute atomic E-state index is 0.117. The Hall–Kier alpha value is -0.970. The molecule has 0 heterocycles. The first-order chi connectivity index (χ1) is 10.1. The van der Waals surface area contributed by atoms with Gasteiger partial charge in [-0.1, -0.05) is 35.0 Å². The van der Waals surface area contributed by atoms with Crippen molar-refractivity contribution < 1.29 is 4.74 Å². The Balaban J connectivity index is 2.23. The summed E-state index contributed by atoms with van der Waals surface area (Å²) in [6, 6.07) is 16.6. The predicted molar refractivity (Wildman–Crippen MR) is 94.0 cm³/mol. The first-order valence-corrected chi connectivity index (χ1v) is 8.63. The molecule has 0 fully saturated rings. The van der Waals surface area contributed by atoms with Gasteiger partial charge in [0.25, 0.3) is 0 Å². The molecular weight excluding hydrogens is 346 g/mol. The Bertz CT molecular complexity index is 573. The van der Waals surface area contributed by atoms with Crippen molar-refractivity contribution in [1.29, 1.82) is 0 Å². The summed E-state index contributed by atoms with van der Waals surface area (Å²) < 4.78 is 6.29. The maximum atomic E-state index is 6.34. The molecule has 0 aliphatic rings. The van der Waals surface area contributed by atoms with E-state index in [9.17, 15) is 0 Å². The van der Waals surface area contributed by atoms with Gasteiger partial charge in [0.15, 0.2) is 0 Å². The molecule has 0 aromatic heterocycles. The van der Waals surface area contributed by atoms with Crippen LogP contribution < -0.4 is 10.5 Å².